The molecule has 1 aromatic carbocycles. The van der Waals surface area contributed by atoms with Crippen LogP contribution in [0.25, 0.3) is 0 Å². The normalized spacial score (nSPS) is 8.94. The van der Waals surface area contributed by atoms with E-state index in [1.54, 1.807) is 0 Å². The van der Waals surface area contributed by atoms with Crippen molar-refractivity contribution in [3.8, 4) is 0 Å². The van der Waals surface area contributed by atoms with Gasteiger partial charge < -0.3 is 15.6 Å². The number of halogens is 3. The summed E-state index contributed by atoms with van der Waals surface area (Å²) in [4.78, 5) is 18.2. The summed E-state index contributed by atoms with van der Waals surface area (Å²) in [5.74, 6) is -2.93. The van der Waals surface area contributed by atoms with E-state index < -0.39 is 29.4 Å². The number of hydrogen-bond donors (Lipinski definition) is 4. The first kappa shape index (κ1) is 14.7. The number of benzene rings is 1. The molecule has 17 heavy (non-hydrogen) atoms. The number of carboxylic acids is 2. The molecule has 0 atom stereocenters. The van der Waals surface area contributed by atoms with Gasteiger partial charge >= 0.3 is 11.9 Å². The Labute approximate surface area is 92.4 Å². The Morgan fingerprint density at radius 1 is 1.06 bits per heavy atom. The van der Waals surface area contributed by atoms with Gasteiger partial charge in [0.25, 0.3) is 0 Å². The van der Waals surface area contributed by atoms with Gasteiger partial charge in [0.2, 0.25) is 0 Å². The lowest BCUT2D eigenvalue weighted by molar-refractivity contribution is -0.159. The Bertz CT molecular complexity index is 427. The van der Waals surface area contributed by atoms with Crippen molar-refractivity contribution in [2.75, 3.05) is 5.43 Å². The minimum absolute atomic E-state index is 0.274. The smallest absolute Gasteiger partial charge is 0.414 e. The second-order valence-corrected chi connectivity index (χ2v) is 2.48. The van der Waals surface area contributed by atoms with Gasteiger partial charge in [-0.15, -0.1) is 0 Å². The number of aliphatic carboxylic acids is 2. The Balaban J connectivity index is 0.000000366. The van der Waals surface area contributed by atoms with Gasteiger partial charge in [-0.3, -0.25) is 5.84 Å². The Kier molecular flexibility index (Phi) is 5.47. The number of nitrogens with one attached hydrogen (secondary N) is 1. The second kappa shape index (κ2) is 6.33. The SMILES string of the molecule is NNc1ccc(F)c(F)c1F.O=C(O)C(=O)O. The highest BCUT2D eigenvalue weighted by Gasteiger charge is 2.11. The van der Waals surface area contributed by atoms with Crippen LogP contribution in [0.4, 0.5) is 18.9 Å². The fourth-order valence-corrected chi connectivity index (χ4v) is 0.637. The molecule has 0 radical (unpaired) electrons. The zero-order chi connectivity index (χ0) is 13.6. The number of carbonyl (C=O) groups is 2. The third-order valence-electron chi connectivity index (χ3n) is 1.37. The number of carboxylic acid groups (broad SMARTS) is 2. The van der Waals surface area contributed by atoms with Crippen LogP contribution in [0.5, 0.6) is 0 Å². The quantitative estimate of drug-likeness (QED) is 0.251. The molecule has 0 heterocycles. The number of hydrazine groups is 1. The molecule has 0 saturated carbocycles. The zero-order valence-electron chi connectivity index (χ0n) is 8.08. The van der Waals surface area contributed by atoms with Crippen molar-refractivity contribution in [3.05, 3.63) is 29.6 Å². The molecule has 0 aliphatic heterocycles. The summed E-state index contributed by atoms with van der Waals surface area (Å²) in [5, 5.41) is 14.8. The van der Waals surface area contributed by atoms with E-state index in [1.807, 2.05) is 5.43 Å². The molecule has 1 rings (SSSR count). The van der Waals surface area contributed by atoms with Gasteiger partial charge in [-0.25, -0.2) is 22.8 Å². The number of rotatable bonds is 1. The van der Waals surface area contributed by atoms with Gasteiger partial charge in [0.05, 0.1) is 5.69 Å². The fourth-order valence-electron chi connectivity index (χ4n) is 0.637. The maximum Gasteiger partial charge on any atom is 0.414 e. The maximum absolute atomic E-state index is 12.5. The molecule has 0 bridgehead atoms. The Morgan fingerprint density at radius 3 is 1.88 bits per heavy atom. The molecule has 0 fully saturated rings. The largest absolute Gasteiger partial charge is 0.473 e. The standard InChI is InChI=1S/C6H5F3N2.C2H2O4/c7-3-1-2-4(11-10)6(9)5(3)8;3-1(4)2(5)6/h1-2,11H,10H2;(H,3,4)(H,5,6). The summed E-state index contributed by atoms with van der Waals surface area (Å²) < 4.78 is 37.1. The van der Waals surface area contributed by atoms with Crippen LogP contribution >= 0.6 is 0 Å². The van der Waals surface area contributed by atoms with Crippen LogP contribution in [0.1, 0.15) is 0 Å². The minimum Gasteiger partial charge on any atom is -0.473 e. The number of nitrogens with two attached hydrogens (primary N) is 1. The molecule has 0 aromatic heterocycles. The lowest BCUT2D eigenvalue weighted by Crippen LogP contribution is -2.09. The van der Waals surface area contributed by atoms with Gasteiger partial charge in [0.1, 0.15) is 0 Å². The molecular formula is C8H7F3N2O4. The van der Waals surface area contributed by atoms with E-state index in [1.165, 1.54) is 0 Å². The van der Waals surface area contributed by atoms with Crippen LogP contribution in [0, 0.1) is 17.5 Å². The lowest BCUT2D eigenvalue weighted by atomic mass is 10.3. The van der Waals surface area contributed by atoms with Crippen LogP contribution in [-0.2, 0) is 9.59 Å². The van der Waals surface area contributed by atoms with Crippen molar-refractivity contribution in [1.82, 2.24) is 0 Å². The molecule has 5 N–H and O–H groups in total. The summed E-state index contributed by atoms with van der Waals surface area (Å²) in [7, 11) is 0. The molecule has 0 aliphatic carbocycles. The number of nitrogen functional groups attached to an aromatic ring is 1. The Hall–Kier alpha value is -2.29. The summed E-state index contributed by atoms with van der Waals surface area (Å²) >= 11 is 0. The molecular weight excluding hydrogens is 245 g/mol. The predicted octanol–water partition coefficient (Wildman–Crippen LogP) is 0.545. The topological polar surface area (TPSA) is 113 Å². The van der Waals surface area contributed by atoms with Gasteiger partial charge in [0.15, 0.2) is 17.5 Å². The summed E-state index contributed by atoms with van der Waals surface area (Å²) in [5.41, 5.74) is 1.61. The van der Waals surface area contributed by atoms with Crippen molar-refractivity contribution in [3.63, 3.8) is 0 Å². The van der Waals surface area contributed by atoms with E-state index in [0.29, 0.717) is 0 Å². The van der Waals surface area contributed by atoms with Crippen LogP contribution in [0.3, 0.4) is 0 Å². The first-order chi connectivity index (χ1) is 7.81. The van der Waals surface area contributed by atoms with Gasteiger partial charge in [-0.1, -0.05) is 0 Å². The summed E-state index contributed by atoms with van der Waals surface area (Å²) in [6.07, 6.45) is 0. The highest BCUT2D eigenvalue weighted by atomic mass is 19.2. The third kappa shape index (κ3) is 4.38. The monoisotopic (exact) mass is 252 g/mol. The third-order valence-corrected chi connectivity index (χ3v) is 1.37. The first-order valence-electron chi connectivity index (χ1n) is 3.87. The molecule has 6 nitrogen and oxygen atoms in total. The van der Waals surface area contributed by atoms with E-state index in [9.17, 15) is 13.2 Å². The average molecular weight is 252 g/mol. The number of hydrogen-bond acceptors (Lipinski definition) is 4. The van der Waals surface area contributed by atoms with Crippen LogP contribution in [-0.4, -0.2) is 22.2 Å². The molecule has 0 spiro atoms. The summed E-state index contributed by atoms with van der Waals surface area (Å²) in [6, 6.07) is 1.79. The second-order valence-electron chi connectivity index (χ2n) is 2.48. The van der Waals surface area contributed by atoms with Crippen molar-refractivity contribution in [2.24, 2.45) is 5.84 Å². The molecule has 1 aromatic rings. The highest BCUT2D eigenvalue weighted by molar-refractivity contribution is 6.27. The minimum atomic E-state index is -1.82. The van der Waals surface area contributed by atoms with E-state index in [2.05, 4.69) is 0 Å². The number of anilines is 1. The Morgan fingerprint density at radius 2 is 1.53 bits per heavy atom. The maximum atomic E-state index is 12.5. The first-order valence-corrected chi connectivity index (χ1v) is 3.87. The van der Waals surface area contributed by atoms with E-state index in [0.717, 1.165) is 12.1 Å². The average Bonchev–Trinajstić information content (AvgIpc) is 2.27. The zero-order valence-corrected chi connectivity index (χ0v) is 8.08. The van der Waals surface area contributed by atoms with Crippen molar-refractivity contribution < 1.29 is 33.0 Å². The molecule has 0 unspecified atom stereocenters. The van der Waals surface area contributed by atoms with Crippen LogP contribution in [0.2, 0.25) is 0 Å². The summed E-state index contributed by atoms with van der Waals surface area (Å²) in [6.45, 7) is 0. The molecule has 0 amide bonds. The predicted molar refractivity (Wildman–Crippen MR) is 49.4 cm³/mol. The van der Waals surface area contributed by atoms with Crippen LogP contribution in [0.15, 0.2) is 12.1 Å². The van der Waals surface area contributed by atoms with Gasteiger partial charge in [-0.2, -0.15) is 0 Å². The van der Waals surface area contributed by atoms with Crippen molar-refractivity contribution >= 4 is 17.6 Å². The molecule has 94 valence electrons. The van der Waals surface area contributed by atoms with Gasteiger partial charge in [0, 0.05) is 0 Å². The van der Waals surface area contributed by atoms with Crippen LogP contribution < -0.4 is 11.3 Å². The lowest BCUT2D eigenvalue weighted by Gasteiger charge is -2.01. The van der Waals surface area contributed by atoms with Crippen molar-refractivity contribution in [1.29, 1.82) is 0 Å². The van der Waals surface area contributed by atoms with Crippen molar-refractivity contribution in [2.45, 2.75) is 0 Å². The highest BCUT2D eigenvalue weighted by Crippen LogP contribution is 2.17. The van der Waals surface area contributed by atoms with E-state index >= 15 is 0 Å². The molecule has 0 aliphatic rings. The molecule has 0 saturated heterocycles. The van der Waals surface area contributed by atoms with E-state index in [-0.39, 0.29) is 5.69 Å². The fraction of sp³-hybridized carbons (Fsp3) is 0. The van der Waals surface area contributed by atoms with E-state index in [4.69, 9.17) is 25.6 Å². The molecule has 9 heteroatoms. The van der Waals surface area contributed by atoms with Gasteiger partial charge in [-0.05, 0) is 12.1 Å².